The van der Waals surface area contributed by atoms with E-state index in [0.29, 0.717) is 16.8 Å². The van der Waals surface area contributed by atoms with Crippen LogP contribution in [0.5, 0.6) is 0 Å². The van der Waals surface area contributed by atoms with Crippen LogP contribution in [0.25, 0.3) is 10.2 Å². The van der Waals surface area contributed by atoms with Gasteiger partial charge in [-0.05, 0) is 12.1 Å². The number of aromatic nitrogens is 1. The average Bonchev–Trinajstić information content (AvgIpc) is 2.59. The van der Waals surface area contributed by atoms with Crippen molar-refractivity contribution in [3.05, 3.63) is 28.8 Å². The lowest BCUT2D eigenvalue weighted by Crippen LogP contribution is -1.82. The Kier molecular flexibility index (Phi) is 3.03. The van der Waals surface area contributed by atoms with Crippen molar-refractivity contribution >= 4 is 34.0 Å². The standard InChI is InChI=1S/C9H3N3S.ClH/c10-3-6-5-13-8-2-1-7(4-11)12-9(6)8;/h1-2,5H;1H. The first-order valence-corrected chi connectivity index (χ1v) is 4.41. The van der Waals surface area contributed by atoms with E-state index in [1.165, 1.54) is 11.3 Å². The Morgan fingerprint density at radius 3 is 2.64 bits per heavy atom. The number of nitrogens with zero attached hydrogens (tertiary/aromatic N) is 3. The molecule has 0 saturated carbocycles. The van der Waals surface area contributed by atoms with E-state index in [9.17, 15) is 0 Å². The van der Waals surface area contributed by atoms with E-state index in [2.05, 4.69) is 4.98 Å². The maximum atomic E-state index is 8.72. The van der Waals surface area contributed by atoms with E-state index in [1.807, 2.05) is 18.2 Å². The van der Waals surface area contributed by atoms with Crippen LogP contribution in [0.1, 0.15) is 11.3 Å². The third-order valence-corrected chi connectivity index (χ3v) is 2.59. The maximum absolute atomic E-state index is 8.72. The topological polar surface area (TPSA) is 60.5 Å². The number of fused-ring (bicyclic) bond motifs is 1. The second kappa shape index (κ2) is 4.06. The summed E-state index contributed by atoms with van der Waals surface area (Å²) in [6.45, 7) is 0. The predicted octanol–water partition coefficient (Wildman–Crippen LogP) is 2.46. The molecule has 68 valence electrons. The number of pyridine rings is 1. The van der Waals surface area contributed by atoms with Crippen LogP contribution in [0.2, 0.25) is 0 Å². The molecule has 0 aromatic carbocycles. The lowest BCUT2D eigenvalue weighted by atomic mass is 10.2. The van der Waals surface area contributed by atoms with Gasteiger partial charge in [0.1, 0.15) is 23.3 Å². The van der Waals surface area contributed by atoms with Gasteiger partial charge in [-0.2, -0.15) is 10.5 Å². The Hall–Kier alpha value is -1.62. The number of hydrogen-bond donors (Lipinski definition) is 0. The number of nitriles is 2. The average molecular weight is 222 g/mol. The van der Waals surface area contributed by atoms with E-state index in [1.54, 1.807) is 11.4 Å². The Bertz CT molecular complexity index is 547. The van der Waals surface area contributed by atoms with Crippen molar-refractivity contribution in [2.24, 2.45) is 0 Å². The summed E-state index contributed by atoms with van der Waals surface area (Å²) in [5.74, 6) is 0. The lowest BCUT2D eigenvalue weighted by molar-refractivity contribution is 1.33. The number of thiophene rings is 1. The quantitative estimate of drug-likeness (QED) is 0.687. The van der Waals surface area contributed by atoms with E-state index in [4.69, 9.17) is 10.5 Å². The molecule has 3 nitrogen and oxygen atoms in total. The van der Waals surface area contributed by atoms with Crippen molar-refractivity contribution in [3.63, 3.8) is 0 Å². The Balaban J connectivity index is 0.000000980. The molecule has 2 rings (SSSR count). The molecule has 2 heterocycles. The van der Waals surface area contributed by atoms with Crippen LogP contribution >= 0.6 is 23.7 Å². The van der Waals surface area contributed by atoms with Gasteiger partial charge in [-0.25, -0.2) is 4.98 Å². The summed E-state index contributed by atoms with van der Waals surface area (Å²) >= 11 is 1.46. The Morgan fingerprint density at radius 2 is 2.00 bits per heavy atom. The zero-order valence-electron chi connectivity index (χ0n) is 6.89. The second-order valence-corrected chi connectivity index (χ2v) is 3.33. The summed E-state index contributed by atoms with van der Waals surface area (Å²) in [4.78, 5) is 4.05. The summed E-state index contributed by atoms with van der Waals surface area (Å²) in [6.07, 6.45) is 0. The minimum atomic E-state index is 0. The van der Waals surface area contributed by atoms with Gasteiger partial charge in [0.05, 0.1) is 10.3 Å². The number of hydrogen-bond acceptors (Lipinski definition) is 4. The van der Waals surface area contributed by atoms with Crippen LogP contribution in [-0.2, 0) is 0 Å². The Morgan fingerprint density at radius 1 is 1.21 bits per heavy atom. The van der Waals surface area contributed by atoms with Gasteiger partial charge in [0.25, 0.3) is 0 Å². The van der Waals surface area contributed by atoms with Gasteiger partial charge in [0.15, 0.2) is 0 Å². The third kappa shape index (κ3) is 1.54. The molecule has 0 spiro atoms. The predicted molar refractivity (Wildman–Crippen MR) is 56.3 cm³/mol. The molecule has 0 aliphatic carbocycles. The molecule has 2 aromatic heterocycles. The molecule has 0 aliphatic heterocycles. The highest BCUT2D eigenvalue weighted by atomic mass is 35.5. The van der Waals surface area contributed by atoms with Gasteiger partial charge in [-0.15, -0.1) is 23.7 Å². The number of rotatable bonds is 0. The molecule has 0 N–H and O–H groups in total. The van der Waals surface area contributed by atoms with Crippen LogP contribution in [0.15, 0.2) is 17.5 Å². The van der Waals surface area contributed by atoms with Gasteiger partial charge in [0, 0.05) is 5.38 Å². The van der Waals surface area contributed by atoms with Gasteiger partial charge in [-0.1, -0.05) is 0 Å². The first-order valence-electron chi connectivity index (χ1n) is 3.53. The fourth-order valence-electron chi connectivity index (χ4n) is 1.05. The SMILES string of the molecule is Cl.N#Cc1ccc2scc(C#N)c2n1. The van der Waals surface area contributed by atoms with E-state index < -0.39 is 0 Å². The maximum Gasteiger partial charge on any atom is 0.141 e. The molecule has 0 saturated heterocycles. The van der Waals surface area contributed by atoms with Crippen molar-refractivity contribution < 1.29 is 0 Å². The van der Waals surface area contributed by atoms with Crippen LogP contribution < -0.4 is 0 Å². The van der Waals surface area contributed by atoms with Crippen LogP contribution in [0.3, 0.4) is 0 Å². The highest BCUT2D eigenvalue weighted by Crippen LogP contribution is 2.23. The lowest BCUT2D eigenvalue weighted by Gasteiger charge is -1.89. The fraction of sp³-hybridized carbons (Fsp3) is 0. The molecule has 0 unspecified atom stereocenters. The molecular formula is C9H4ClN3S. The molecular weight excluding hydrogens is 218 g/mol. The first-order chi connectivity index (χ1) is 6.35. The molecule has 0 bridgehead atoms. The number of halogens is 1. The molecule has 5 heteroatoms. The first kappa shape index (κ1) is 10.5. The molecule has 2 aromatic rings. The summed E-state index contributed by atoms with van der Waals surface area (Å²) in [5, 5.41) is 19.1. The minimum absolute atomic E-state index is 0. The smallest absolute Gasteiger partial charge is 0.141 e. The molecule has 0 atom stereocenters. The second-order valence-electron chi connectivity index (χ2n) is 2.42. The van der Waals surface area contributed by atoms with Crippen molar-refractivity contribution in [1.29, 1.82) is 10.5 Å². The van der Waals surface area contributed by atoms with Crippen molar-refractivity contribution in [1.82, 2.24) is 4.98 Å². The van der Waals surface area contributed by atoms with Gasteiger partial charge >= 0.3 is 0 Å². The highest BCUT2D eigenvalue weighted by Gasteiger charge is 2.04. The molecule has 0 aliphatic rings. The Labute approximate surface area is 90.6 Å². The van der Waals surface area contributed by atoms with Crippen LogP contribution in [0.4, 0.5) is 0 Å². The highest BCUT2D eigenvalue weighted by molar-refractivity contribution is 7.17. The summed E-state index contributed by atoms with van der Waals surface area (Å²) < 4.78 is 0.940. The van der Waals surface area contributed by atoms with Gasteiger partial charge in [0.2, 0.25) is 0 Å². The monoisotopic (exact) mass is 221 g/mol. The largest absolute Gasteiger partial charge is 0.235 e. The van der Waals surface area contributed by atoms with Gasteiger partial charge in [-0.3, -0.25) is 0 Å². The molecule has 0 fully saturated rings. The summed E-state index contributed by atoms with van der Waals surface area (Å²) in [7, 11) is 0. The van der Waals surface area contributed by atoms with Crippen molar-refractivity contribution in [2.45, 2.75) is 0 Å². The van der Waals surface area contributed by atoms with Crippen LogP contribution in [-0.4, -0.2) is 4.98 Å². The normalized spacial score (nSPS) is 8.71. The zero-order chi connectivity index (χ0) is 9.26. The van der Waals surface area contributed by atoms with Crippen molar-refractivity contribution in [2.75, 3.05) is 0 Å². The third-order valence-electron chi connectivity index (χ3n) is 1.65. The fourth-order valence-corrected chi connectivity index (χ4v) is 1.88. The van der Waals surface area contributed by atoms with Gasteiger partial charge < -0.3 is 0 Å². The van der Waals surface area contributed by atoms with Crippen LogP contribution in [0, 0.1) is 22.7 Å². The van der Waals surface area contributed by atoms with E-state index in [-0.39, 0.29) is 12.4 Å². The molecule has 0 amide bonds. The zero-order valence-corrected chi connectivity index (χ0v) is 8.52. The van der Waals surface area contributed by atoms with Crippen molar-refractivity contribution in [3.8, 4) is 12.1 Å². The minimum Gasteiger partial charge on any atom is -0.235 e. The summed E-state index contributed by atoms with van der Waals surface area (Å²) in [5.41, 5.74) is 1.52. The summed E-state index contributed by atoms with van der Waals surface area (Å²) in [6, 6.07) is 7.45. The molecule has 0 radical (unpaired) electrons. The van der Waals surface area contributed by atoms with E-state index >= 15 is 0 Å². The van der Waals surface area contributed by atoms with E-state index in [0.717, 1.165) is 4.70 Å². The molecule has 14 heavy (non-hydrogen) atoms.